The van der Waals surface area contributed by atoms with Gasteiger partial charge in [0, 0.05) is 18.8 Å². The lowest BCUT2D eigenvalue weighted by Gasteiger charge is -2.20. The molecule has 2 N–H and O–H groups in total. The number of aromatic nitrogens is 1. The number of imide groups is 1. The molecule has 3 amide bonds. The van der Waals surface area contributed by atoms with E-state index < -0.39 is 5.54 Å². The third kappa shape index (κ3) is 1.92. The Hall–Kier alpha value is -2.11. The van der Waals surface area contributed by atoms with Crippen molar-refractivity contribution in [3.63, 3.8) is 0 Å². The zero-order valence-electron chi connectivity index (χ0n) is 11.5. The molecule has 1 aromatic rings. The highest BCUT2D eigenvalue weighted by molar-refractivity contribution is 6.07. The molecule has 106 valence electrons. The van der Waals surface area contributed by atoms with Crippen LogP contribution in [0.3, 0.4) is 0 Å². The average molecular weight is 274 g/mol. The molecule has 1 saturated heterocycles. The molecule has 1 saturated carbocycles. The molecular weight excluding hydrogens is 256 g/mol. The fourth-order valence-corrected chi connectivity index (χ4v) is 3.10. The van der Waals surface area contributed by atoms with Crippen molar-refractivity contribution in [2.24, 2.45) is 0 Å². The summed E-state index contributed by atoms with van der Waals surface area (Å²) in [4.78, 5) is 30.2. The molecule has 1 aliphatic heterocycles. The van der Waals surface area contributed by atoms with Gasteiger partial charge in [0.15, 0.2) is 0 Å². The fraction of sp³-hybridized carbons (Fsp3) is 0.500. The first-order valence-corrected chi connectivity index (χ1v) is 6.92. The average Bonchev–Trinajstić information content (AvgIpc) is 3.01. The smallest absolute Gasteiger partial charge is 0.325 e. The molecule has 2 heterocycles. The van der Waals surface area contributed by atoms with Gasteiger partial charge in [-0.3, -0.25) is 9.69 Å². The number of urea groups is 1. The molecule has 1 aromatic heterocycles. The van der Waals surface area contributed by atoms with Gasteiger partial charge in [-0.15, -0.1) is 0 Å². The van der Waals surface area contributed by atoms with Gasteiger partial charge in [-0.1, -0.05) is 18.9 Å². The van der Waals surface area contributed by atoms with Crippen LogP contribution in [-0.2, 0) is 11.3 Å². The molecule has 3 rings (SSSR count). The molecule has 0 aromatic carbocycles. The van der Waals surface area contributed by atoms with Crippen LogP contribution in [0, 0.1) is 0 Å². The van der Waals surface area contributed by atoms with Gasteiger partial charge in [0.25, 0.3) is 5.91 Å². The van der Waals surface area contributed by atoms with E-state index in [1.54, 1.807) is 19.3 Å². The molecule has 6 nitrogen and oxygen atoms in total. The Morgan fingerprint density at radius 2 is 2.15 bits per heavy atom. The van der Waals surface area contributed by atoms with E-state index in [4.69, 9.17) is 0 Å². The molecule has 2 aliphatic rings. The number of anilines is 1. The maximum atomic E-state index is 12.5. The number of nitrogens with zero attached hydrogens (tertiary/aromatic N) is 2. The van der Waals surface area contributed by atoms with Crippen molar-refractivity contribution >= 4 is 17.8 Å². The van der Waals surface area contributed by atoms with Crippen LogP contribution in [-0.4, -0.2) is 34.4 Å². The van der Waals surface area contributed by atoms with Gasteiger partial charge in [0.1, 0.15) is 11.4 Å². The lowest BCUT2D eigenvalue weighted by Crippen LogP contribution is -2.44. The van der Waals surface area contributed by atoms with E-state index in [2.05, 4.69) is 15.6 Å². The number of amides is 3. The van der Waals surface area contributed by atoms with Crippen molar-refractivity contribution in [2.75, 3.05) is 12.4 Å². The van der Waals surface area contributed by atoms with E-state index in [0.29, 0.717) is 5.82 Å². The maximum absolute atomic E-state index is 12.5. The number of carbonyl (C=O) groups excluding carboxylic acids is 2. The van der Waals surface area contributed by atoms with Crippen molar-refractivity contribution in [3.05, 3.63) is 23.9 Å². The van der Waals surface area contributed by atoms with Gasteiger partial charge in [-0.25, -0.2) is 9.78 Å². The number of carbonyl (C=O) groups is 2. The predicted molar refractivity (Wildman–Crippen MR) is 74.1 cm³/mol. The molecule has 0 unspecified atom stereocenters. The van der Waals surface area contributed by atoms with Crippen LogP contribution < -0.4 is 10.6 Å². The van der Waals surface area contributed by atoms with Crippen LogP contribution in [0.2, 0.25) is 0 Å². The third-order valence-electron chi connectivity index (χ3n) is 4.16. The first kappa shape index (κ1) is 12.9. The van der Waals surface area contributed by atoms with E-state index >= 15 is 0 Å². The standard InChI is InChI=1S/C14H18N4O2/c1-15-11-10(5-4-8-16-11)9-18-12(19)14(17-13(18)20)6-2-3-7-14/h4-5,8H,2-3,6-7,9H2,1H3,(H,15,16)(H,17,20). The number of rotatable bonds is 3. The maximum Gasteiger partial charge on any atom is 0.325 e. The molecule has 0 radical (unpaired) electrons. The first-order chi connectivity index (χ1) is 9.66. The second kappa shape index (κ2) is 4.77. The van der Waals surface area contributed by atoms with Gasteiger partial charge >= 0.3 is 6.03 Å². The summed E-state index contributed by atoms with van der Waals surface area (Å²) in [6.45, 7) is 0.260. The zero-order valence-corrected chi connectivity index (χ0v) is 11.5. The molecule has 20 heavy (non-hydrogen) atoms. The highest BCUT2D eigenvalue weighted by Crippen LogP contribution is 2.35. The number of hydrogen-bond donors (Lipinski definition) is 2. The molecule has 2 fully saturated rings. The normalized spacial score (nSPS) is 20.6. The summed E-state index contributed by atoms with van der Waals surface area (Å²) in [7, 11) is 1.77. The Morgan fingerprint density at radius 1 is 1.40 bits per heavy atom. The number of hydrogen-bond acceptors (Lipinski definition) is 4. The lowest BCUT2D eigenvalue weighted by molar-refractivity contribution is -0.131. The van der Waals surface area contributed by atoms with Gasteiger partial charge in [0.05, 0.1) is 6.54 Å². The monoisotopic (exact) mass is 274 g/mol. The fourth-order valence-electron chi connectivity index (χ4n) is 3.10. The number of pyridine rings is 1. The van der Waals surface area contributed by atoms with Gasteiger partial charge in [-0.05, 0) is 18.9 Å². The number of nitrogens with one attached hydrogen (secondary N) is 2. The second-order valence-corrected chi connectivity index (χ2v) is 5.37. The van der Waals surface area contributed by atoms with E-state index in [1.165, 1.54) is 4.90 Å². The largest absolute Gasteiger partial charge is 0.373 e. The van der Waals surface area contributed by atoms with Crippen molar-refractivity contribution in [1.29, 1.82) is 0 Å². The Labute approximate surface area is 117 Å². The highest BCUT2D eigenvalue weighted by atomic mass is 16.2. The molecule has 0 bridgehead atoms. The summed E-state index contributed by atoms with van der Waals surface area (Å²) < 4.78 is 0. The van der Waals surface area contributed by atoms with E-state index in [1.807, 2.05) is 6.07 Å². The summed E-state index contributed by atoms with van der Waals surface area (Å²) in [5.41, 5.74) is 0.201. The molecule has 6 heteroatoms. The third-order valence-corrected chi connectivity index (χ3v) is 4.16. The van der Waals surface area contributed by atoms with E-state index in [-0.39, 0.29) is 18.5 Å². The minimum Gasteiger partial charge on any atom is -0.373 e. The minimum atomic E-state index is -0.640. The Morgan fingerprint density at radius 3 is 2.85 bits per heavy atom. The van der Waals surface area contributed by atoms with Gasteiger partial charge in [-0.2, -0.15) is 0 Å². The van der Waals surface area contributed by atoms with E-state index in [9.17, 15) is 9.59 Å². The first-order valence-electron chi connectivity index (χ1n) is 6.92. The van der Waals surface area contributed by atoms with Crippen LogP contribution in [0.15, 0.2) is 18.3 Å². The predicted octanol–water partition coefficient (Wildman–Crippen LogP) is 1.49. The van der Waals surface area contributed by atoms with E-state index in [0.717, 1.165) is 31.2 Å². The van der Waals surface area contributed by atoms with Crippen LogP contribution in [0.4, 0.5) is 10.6 Å². The SMILES string of the molecule is CNc1ncccc1CN1C(=O)NC2(CCCC2)C1=O. The van der Waals surface area contributed by atoms with Crippen molar-refractivity contribution in [3.8, 4) is 0 Å². The summed E-state index contributed by atoms with van der Waals surface area (Å²) >= 11 is 0. The van der Waals surface area contributed by atoms with Crippen molar-refractivity contribution < 1.29 is 9.59 Å². The Balaban J connectivity index is 1.84. The highest BCUT2D eigenvalue weighted by Gasteiger charge is 2.52. The summed E-state index contributed by atoms with van der Waals surface area (Å²) in [5.74, 6) is 0.603. The van der Waals surface area contributed by atoms with Crippen LogP contribution in [0.25, 0.3) is 0 Å². The van der Waals surface area contributed by atoms with Crippen molar-refractivity contribution in [2.45, 2.75) is 37.8 Å². The zero-order chi connectivity index (χ0) is 14.2. The van der Waals surface area contributed by atoms with Gasteiger partial charge < -0.3 is 10.6 Å². The molecule has 1 spiro atoms. The molecule has 1 aliphatic carbocycles. The van der Waals surface area contributed by atoms with Gasteiger partial charge in [0.2, 0.25) is 0 Å². The van der Waals surface area contributed by atoms with Crippen LogP contribution >= 0.6 is 0 Å². The van der Waals surface area contributed by atoms with Crippen molar-refractivity contribution in [1.82, 2.24) is 15.2 Å². The topological polar surface area (TPSA) is 74.3 Å². The van der Waals surface area contributed by atoms with Crippen LogP contribution in [0.1, 0.15) is 31.2 Å². The lowest BCUT2D eigenvalue weighted by atomic mass is 9.98. The Kier molecular flexibility index (Phi) is 3.08. The second-order valence-electron chi connectivity index (χ2n) is 5.37. The Bertz CT molecular complexity index is 552. The quantitative estimate of drug-likeness (QED) is 0.819. The molecular formula is C14H18N4O2. The summed E-state index contributed by atoms with van der Waals surface area (Å²) in [6.07, 6.45) is 5.17. The summed E-state index contributed by atoms with van der Waals surface area (Å²) in [6, 6.07) is 3.39. The molecule has 0 atom stereocenters. The summed E-state index contributed by atoms with van der Waals surface area (Å²) in [5, 5.41) is 5.86. The van der Waals surface area contributed by atoms with Crippen LogP contribution in [0.5, 0.6) is 0 Å². The minimum absolute atomic E-state index is 0.0918.